The summed E-state index contributed by atoms with van der Waals surface area (Å²) in [5, 5.41) is 0. The van der Waals surface area contributed by atoms with Gasteiger partial charge in [0.15, 0.2) is 0 Å². The molecular weight excluding hydrogens is 422 g/mol. The Morgan fingerprint density at radius 2 is 1.72 bits per heavy atom. The summed E-state index contributed by atoms with van der Waals surface area (Å²) < 4.78 is 36.0. The first-order chi connectivity index (χ1) is 15.4. The van der Waals surface area contributed by atoms with Crippen LogP contribution in [0.5, 0.6) is 5.75 Å². The molecule has 1 heterocycles. The largest absolute Gasteiger partial charge is 0.497 e. The molecule has 2 aromatic rings. The van der Waals surface area contributed by atoms with Crippen molar-refractivity contribution in [2.75, 3.05) is 37.2 Å². The Morgan fingerprint density at radius 1 is 0.969 bits per heavy atom. The lowest BCUT2D eigenvalue weighted by Crippen LogP contribution is -2.40. The van der Waals surface area contributed by atoms with E-state index in [2.05, 4.69) is 41.3 Å². The maximum atomic E-state index is 12.1. The topological polar surface area (TPSA) is 55.8 Å². The first kappa shape index (κ1) is 23.1. The van der Waals surface area contributed by atoms with Gasteiger partial charge in [-0.1, -0.05) is 36.4 Å². The summed E-state index contributed by atoms with van der Waals surface area (Å²) in [4.78, 5) is 2.31. The molecule has 2 aliphatic rings. The second kappa shape index (κ2) is 10.3. The lowest BCUT2D eigenvalue weighted by Gasteiger charge is -2.33. The van der Waals surface area contributed by atoms with E-state index in [-0.39, 0.29) is 23.8 Å². The van der Waals surface area contributed by atoms with Crippen molar-refractivity contribution in [3.63, 3.8) is 0 Å². The van der Waals surface area contributed by atoms with Gasteiger partial charge < -0.3 is 14.4 Å². The molecule has 0 bridgehead atoms. The van der Waals surface area contributed by atoms with Crippen LogP contribution in [0.1, 0.15) is 43.6 Å². The molecule has 1 saturated heterocycles. The van der Waals surface area contributed by atoms with E-state index in [4.69, 9.17) is 9.47 Å². The molecule has 0 N–H and O–H groups in total. The highest BCUT2D eigenvalue weighted by molar-refractivity contribution is 7.90. The minimum Gasteiger partial charge on any atom is -0.497 e. The van der Waals surface area contributed by atoms with Crippen molar-refractivity contribution in [1.82, 2.24) is 0 Å². The number of benzene rings is 2. The Balaban J connectivity index is 1.41. The van der Waals surface area contributed by atoms with Crippen LogP contribution in [-0.4, -0.2) is 52.8 Å². The Hall–Kier alpha value is -2.05. The van der Waals surface area contributed by atoms with Gasteiger partial charge in [0.05, 0.1) is 31.6 Å². The van der Waals surface area contributed by atoms with E-state index in [1.54, 1.807) is 7.11 Å². The third-order valence-corrected chi connectivity index (χ3v) is 8.07. The fourth-order valence-corrected chi connectivity index (χ4v) is 6.53. The Labute approximate surface area is 192 Å². The molecule has 0 spiro atoms. The molecule has 1 aliphatic carbocycles. The summed E-state index contributed by atoms with van der Waals surface area (Å²) in [5.74, 6) is 1.72. The van der Waals surface area contributed by atoms with Crippen molar-refractivity contribution < 1.29 is 17.9 Å². The molecule has 0 aromatic heterocycles. The van der Waals surface area contributed by atoms with Gasteiger partial charge in [-0.15, -0.1) is 0 Å². The summed E-state index contributed by atoms with van der Waals surface area (Å²) in [6.45, 7) is 1.40. The Kier molecular flexibility index (Phi) is 7.41. The molecule has 2 aromatic carbocycles. The van der Waals surface area contributed by atoms with Crippen LogP contribution in [0.4, 0.5) is 5.69 Å². The number of ether oxygens (including phenoxy) is 2. The second-order valence-corrected chi connectivity index (χ2v) is 11.5. The SMILES string of the molecule is COc1cccc(N2CC[C@H](CS(C)(=O)=O)[C@@H]2COC2CCC(c3ccccc3)CC2)c1. The normalized spacial score (nSPS) is 26.2. The first-order valence-corrected chi connectivity index (χ1v) is 13.7. The van der Waals surface area contributed by atoms with Crippen LogP contribution in [0.3, 0.4) is 0 Å². The van der Waals surface area contributed by atoms with Crippen molar-refractivity contribution in [3.8, 4) is 5.75 Å². The van der Waals surface area contributed by atoms with E-state index in [0.717, 1.165) is 50.1 Å². The second-order valence-electron chi connectivity index (χ2n) is 9.32. The number of sulfone groups is 1. The van der Waals surface area contributed by atoms with Gasteiger partial charge in [-0.05, 0) is 61.6 Å². The van der Waals surface area contributed by atoms with Crippen molar-refractivity contribution >= 4 is 15.5 Å². The van der Waals surface area contributed by atoms with E-state index in [9.17, 15) is 8.42 Å². The van der Waals surface area contributed by atoms with Crippen molar-refractivity contribution in [3.05, 3.63) is 60.2 Å². The number of nitrogens with zero attached hydrogens (tertiary/aromatic N) is 1. The Bertz CT molecular complexity index is 970. The molecule has 0 radical (unpaired) electrons. The number of anilines is 1. The molecular formula is C26H35NO4S. The summed E-state index contributed by atoms with van der Waals surface area (Å²) in [6, 6.07) is 18.8. The zero-order chi connectivity index (χ0) is 22.6. The average molecular weight is 458 g/mol. The summed E-state index contributed by atoms with van der Waals surface area (Å²) in [5.41, 5.74) is 2.50. The smallest absolute Gasteiger partial charge is 0.147 e. The summed E-state index contributed by atoms with van der Waals surface area (Å²) in [7, 11) is -1.38. The van der Waals surface area contributed by atoms with E-state index >= 15 is 0 Å². The quantitative estimate of drug-likeness (QED) is 0.576. The molecule has 174 valence electrons. The fraction of sp³-hybridized carbons (Fsp3) is 0.538. The third kappa shape index (κ3) is 5.84. The van der Waals surface area contributed by atoms with Crippen LogP contribution in [0.2, 0.25) is 0 Å². The van der Waals surface area contributed by atoms with Crippen LogP contribution in [0, 0.1) is 5.92 Å². The molecule has 1 saturated carbocycles. The predicted octanol–water partition coefficient (Wildman–Crippen LogP) is 4.68. The highest BCUT2D eigenvalue weighted by Crippen LogP contribution is 2.36. The summed E-state index contributed by atoms with van der Waals surface area (Å²) in [6.07, 6.45) is 6.85. The standard InChI is InChI=1S/C26H35NO4S/c1-30-25-10-6-9-23(17-25)27-16-15-22(19-32(2,28)29)26(27)18-31-24-13-11-21(12-14-24)20-7-4-3-5-8-20/h3-10,17,21-22,24,26H,11-16,18-19H2,1-2H3/t21?,22-,24?,26+/m1/s1. The van der Waals surface area contributed by atoms with Crippen LogP contribution < -0.4 is 9.64 Å². The van der Waals surface area contributed by atoms with E-state index < -0.39 is 9.84 Å². The van der Waals surface area contributed by atoms with Crippen LogP contribution >= 0.6 is 0 Å². The Morgan fingerprint density at radius 3 is 2.41 bits per heavy atom. The number of hydrogen-bond acceptors (Lipinski definition) is 5. The van der Waals surface area contributed by atoms with Crippen LogP contribution in [-0.2, 0) is 14.6 Å². The molecule has 5 nitrogen and oxygen atoms in total. The molecule has 6 heteroatoms. The minimum atomic E-state index is -3.05. The zero-order valence-electron chi connectivity index (χ0n) is 19.2. The van der Waals surface area contributed by atoms with E-state index in [1.807, 2.05) is 18.2 Å². The summed E-state index contributed by atoms with van der Waals surface area (Å²) >= 11 is 0. The van der Waals surface area contributed by atoms with Gasteiger partial charge in [0.1, 0.15) is 15.6 Å². The monoisotopic (exact) mass is 457 g/mol. The minimum absolute atomic E-state index is 0.0590. The number of rotatable bonds is 8. The molecule has 2 atom stereocenters. The molecule has 0 amide bonds. The highest BCUT2D eigenvalue weighted by Gasteiger charge is 2.37. The van der Waals surface area contributed by atoms with Crippen LogP contribution in [0.25, 0.3) is 0 Å². The molecule has 0 unspecified atom stereocenters. The van der Waals surface area contributed by atoms with Crippen molar-refractivity contribution in [2.24, 2.45) is 5.92 Å². The van der Waals surface area contributed by atoms with Gasteiger partial charge in [0, 0.05) is 24.6 Å². The zero-order valence-corrected chi connectivity index (χ0v) is 20.0. The first-order valence-electron chi connectivity index (χ1n) is 11.7. The van der Waals surface area contributed by atoms with Crippen molar-refractivity contribution in [2.45, 2.75) is 50.2 Å². The van der Waals surface area contributed by atoms with Crippen LogP contribution in [0.15, 0.2) is 54.6 Å². The fourth-order valence-electron chi connectivity index (χ4n) is 5.36. The molecule has 4 rings (SSSR count). The molecule has 32 heavy (non-hydrogen) atoms. The average Bonchev–Trinajstić information content (AvgIpc) is 3.19. The van der Waals surface area contributed by atoms with Gasteiger partial charge in [0.25, 0.3) is 0 Å². The predicted molar refractivity (Wildman–Crippen MR) is 129 cm³/mol. The molecule has 1 aliphatic heterocycles. The van der Waals surface area contributed by atoms with E-state index in [1.165, 1.54) is 11.8 Å². The van der Waals surface area contributed by atoms with E-state index in [0.29, 0.717) is 12.5 Å². The number of hydrogen-bond donors (Lipinski definition) is 0. The number of methoxy groups -OCH3 is 1. The van der Waals surface area contributed by atoms with Crippen molar-refractivity contribution in [1.29, 1.82) is 0 Å². The van der Waals surface area contributed by atoms with Gasteiger partial charge in [-0.25, -0.2) is 8.42 Å². The maximum absolute atomic E-state index is 12.1. The lowest BCUT2D eigenvalue weighted by molar-refractivity contribution is 0.0136. The van der Waals surface area contributed by atoms with Gasteiger partial charge in [-0.2, -0.15) is 0 Å². The van der Waals surface area contributed by atoms with Gasteiger partial charge in [-0.3, -0.25) is 0 Å². The maximum Gasteiger partial charge on any atom is 0.147 e. The lowest BCUT2D eigenvalue weighted by atomic mass is 9.83. The molecule has 2 fully saturated rings. The third-order valence-electron chi connectivity index (χ3n) is 7.03. The highest BCUT2D eigenvalue weighted by atomic mass is 32.2. The van der Waals surface area contributed by atoms with Gasteiger partial charge in [0.2, 0.25) is 0 Å². The van der Waals surface area contributed by atoms with Gasteiger partial charge >= 0.3 is 0 Å².